The second-order valence-electron chi connectivity index (χ2n) is 9.09. The molecule has 1 fully saturated rings. The summed E-state index contributed by atoms with van der Waals surface area (Å²) in [4.78, 5) is 23.4. The summed E-state index contributed by atoms with van der Waals surface area (Å²) < 4.78 is 11.3. The number of benzene rings is 1. The van der Waals surface area contributed by atoms with E-state index in [9.17, 15) is 9.90 Å². The Bertz CT molecular complexity index is 1140. The van der Waals surface area contributed by atoms with E-state index in [2.05, 4.69) is 25.3 Å². The minimum atomic E-state index is -0.977. The van der Waals surface area contributed by atoms with Gasteiger partial charge < -0.3 is 24.8 Å². The smallest absolute Gasteiger partial charge is 0.251 e. The number of hydrogen-bond acceptors (Lipinski definition) is 9. The van der Waals surface area contributed by atoms with Crippen LogP contribution in [0.5, 0.6) is 5.75 Å². The number of ether oxygens (including phenoxy) is 1. The highest BCUT2D eigenvalue weighted by atomic mass is 16.5. The maximum absolute atomic E-state index is 12.3. The van der Waals surface area contributed by atoms with E-state index in [4.69, 9.17) is 14.4 Å². The highest BCUT2D eigenvalue weighted by Crippen LogP contribution is 2.24. The van der Waals surface area contributed by atoms with Gasteiger partial charge in [0.1, 0.15) is 11.9 Å². The van der Waals surface area contributed by atoms with Gasteiger partial charge in [0, 0.05) is 36.7 Å². The second-order valence-corrected chi connectivity index (χ2v) is 9.09. The average molecular weight is 482 g/mol. The van der Waals surface area contributed by atoms with Crippen LogP contribution in [0.15, 0.2) is 41.1 Å². The molecule has 1 amide bonds. The fourth-order valence-electron chi connectivity index (χ4n) is 3.75. The number of nitrogens with one attached hydrogen (secondary N) is 1. The Hall–Kier alpha value is -3.34. The topological polar surface area (TPSA) is 134 Å². The molecule has 0 saturated carbocycles. The van der Waals surface area contributed by atoms with Gasteiger partial charge in [-0.3, -0.25) is 14.7 Å². The van der Waals surface area contributed by atoms with E-state index in [1.54, 1.807) is 12.3 Å². The van der Waals surface area contributed by atoms with Crippen molar-refractivity contribution in [3.05, 3.63) is 59.4 Å². The van der Waals surface area contributed by atoms with E-state index in [1.165, 1.54) is 0 Å². The summed E-state index contributed by atoms with van der Waals surface area (Å²) in [6, 6.07) is 9.24. The summed E-state index contributed by atoms with van der Waals surface area (Å²) in [6.45, 7) is 7.68. The van der Waals surface area contributed by atoms with Crippen LogP contribution in [0.3, 0.4) is 0 Å². The van der Waals surface area contributed by atoms with Gasteiger partial charge in [0.15, 0.2) is 5.82 Å². The summed E-state index contributed by atoms with van der Waals surface area (Å²) in [7, 11) is 0. The average Bonchev–Trinajstić information content (AvgIpc) is 3.30. The summed E-state index contributed by atoms with van der Waals surface area (Å²) in [5, 5.41) is 24.9. The first-order valence-corrected chi connectivity index (χ1v) is 11.7. The van der Waals surface area contributed by atoms with E-state index in [0.29, 0.717) is 23.7 Å². The molecular formula is C25H31N5O5. The number of amides is 1. The number of likely N-dealkylation sites (tertiary alicyclic amines) is 1. The molecule has 1 atom stereocenters. The largest absolute Gasteiger partial charge is 0.486 e. The van der Waals surface area contributed by atoms with Gasteiger partial charge in [-0.1, -0.05) is 25.1 Å². The maximum Gasteiger partial charge on any atom is 0.251 e. The number of carbonyl (C=O) groups is 1. The van der Waals surface area contributed by atoms with Crippen LogP contribution in [0, 0.1) is 6.92 Å². The normalized spacial score (nSPS) is 15.1. The van der Waals surface area contributed by atoms with Crippen molar-refractivity contribution < 1.29 is 24.3 Å². The fourth-order valence-corrected chi connectivity index (χ4v) is 3.75. The molecule has 0 aliphatic carbocycles. The Morgan fingerprint density at radius 3 is 2.71 bits per heavy atom. The van der Waals surface area contributed by atoms with Gasteiger partial charge >= 0.3 is 0 Å². The Kier molecular flexibility index (Phi) is 7.74. The third-order valence-electron chi connectivity index (χ3n) is 5.80. The third-order valence-corrected chi connectivity index (χ3v) is 5.80. The molecule has 2 aromatic heterocycles. The zero-order valence-corrected chi connectivity index (χ0v) is 20.1. The van der Waals surface area contributed by atoms with Crippen LogP contribution >= 0.6 is 0 Å². The number of aliphatic hydroxyl groups is 2. The number of aryl methyl sites for hydroxylation is 1. The summed E-state index contributed by atoms with van der Waals surface area (Å²) in [5.41, 5.74) is 2.96. The van der Waals surface area contributed by atoms with Gasteiger partial charge in [0.25, 0.3) is 5.91 Å². The molecule has 1 aliphatic heterocycles. The number of nitrogens with zero attached hydrogens (tertiary/aromatic N) is 4. The first-order valence-electron chi connectivity index (χ1n) is 11.7. The number of hydrogen-bond donors (Lipinski definition) is 3. The Morgan fingerprint density at radius 1 is 1.29 bits per heavy atom. The van der Waals surface area contributed by atoms with Crippen LogP contribution in [-0.2, 0) is 6.54 Å². The minimum absolute atomic E-state index is 0.00565. The number of aliphatic hydroxyl groups excluding tert-OH is 2. The molecule has 1 saturated heterocycles. The van der Waals surface area contributed by atoms with Gasteiger partial charge in [-0.15, -0.1) is 0 Å². The molecule has 0 unspecified atom stereocenters. The van der Waals surface area contributed by atoms with Crippen molar-refractivity contribution in [2.75, 3.05) is 26.2 Å². The maximum atomic E-state index is 12.3. The number of pyridine rings is 1. The van der Waals surface area contributed by atoms with Crippen LogP contribution in [0.2, 0.25) is 0 Å². The highest BCUT2D eigenvalue weighted by Gasteiger charge is 2.30. The molecule has 3 heterocycles. The predicted molar refractivity (Wildman–Crippen MR) is 128 cm³/mol. The molecule has 1 aromatic carbocycles. The molecule has 0 bridgehead atoms. The Morgan fingerprint density at radius 2 is 2.09 bits per heavy atom. The van der Waals surface area contributed by atoms with Crippen LogP contribution in [-0.4, -0.2) is 74.6 Å². The third kappa shape index (κ3) is 6.21. The molecule has 4 rings (SSSR count). The fraction of sp³-hybridized carbons (Fsp3) is 0.440. The van der Waals surface area contributed by atoms with Crippen LogP contribution < -0.4 is 10.1 Å². The van der Waals surface area contributed by atoms with Gasteiger partial charge in [0.05, 0.1) is 31.1 Å². The van der Waals surface area contributed by atoms with Crippen molar-refractivity contribution in [1.29, 1.82) is 0 Å². The molecular weight excluding hydrogens is 450 g/mol. The summed E-state index contributed by atoms with van der Waals surface area (Å²) in [5.74, 6) is 2.00. The predicted octanol–water partition coefficient (Wildman–Crippen LogP) is 1.91. The first kappa shape index (κ1) is 24.8. The lowest BCUT2D eigenvalue weighted by atomic mass is 10.0. The highest BCUT2D eigenvalue weighted by molar-refractivity contribution is 5.96. The molecule has 0 radical (unpaired) electrons. The molecule has 3 aromatic rings. The van der Waals surface area contributed by atoms with Crippen molar-refractivity contribution in [3.8, 4) is 17.0 Å². The Labute approximate surface area is 203 Å². The van der Waals surface area contributed by atoms with Crippen molar-refractivity contribution in [1.82, 2.24) is 25.3 Å². The number of carbonyl (C=O) groups excluding carboxylic acids is 1. The molecule has 10 heteroatoms. The first-order chi connectivity index (χ1) is 16.8. The summed E-state index contributed by atoms with van der Waals surface area (Å²) >= 11 is 0. The SMILES string of the molecule is Cc1cc(-c2ccc(OC3CN(Cc4nc(C(C)C)no4)C3)cn2)ccc1C(=O)NC[C@H](O)CO. The van der Waals surface area contributed by atoms with Gasteiger partial charge in [0.2, 0.25) is 5.89 Å². The van der Waals surface area contributed by atoms with Crippen LogP contribution in [0.1, 0.15) is 47.4 Å². The van der Waals surface area contributed by atoms with Crippen molar-refractivity contribution >= 4 is 5.91 Å². The summed E-state index contributed by atoms with van der Waals surface area (Å²) in [6.07, 6.45) is 0.811. The lowest BCUT2D eigenvalue weighted by molar-refractivity contribution is 0.00844. The van der Waals surface area contributed by atoms with Gasteiger partial charge in [-0.2, -0.15) is 4.98 Å². The van der Waals surface area contributed by atoms with E-state index < -0.39 is 12.7 Å². The van der Waals surface area contributed by atoms with Crippen LogP contribution in [0.4, 0.5) is 0 Å². The van der Waals surface area contributed by atoms with E-state index in [0.717, 1.165) is 35.7 Å². The van der Waals surface area contributed by atoms with Crippen molar-refractivity contribution in [2.24, 2.45) is 0 Å². The second kappa shape index (κ2) is 10.9. The lowest BCUT2D eigenvalue weighted by Crippen LogP contribution is -2.53. The zero-order chi connectivity index (χ0) is 24.9. The minimum Gasteiger partial charge on any atom is -0.486 e. The monoisotopic (exact) mass is 481 g/mol. The molecule has 35 heavy (non-hydrogen) atoms. The van der Waals surface area contributed by atoms with Gasteiger partial charge in [-0.05, 0) is 36.8 Å². The Balaban J connectivity index is 1.28. The van der Waals surface area contributed by atoms with Crippen LogP contribution in [0.25, 0.3) is 11.3 Å². The number of aromatic nitrogens is 3. The molecule has 186 valence electrons. The van der Waals surface area contributed by atoms with E-state index in [-0.39, 0.29) is 24.5 Å². The standard InChI is InChI=1S/C25H31N5O5/c1-15(2)24-28-23(35-29-24)13-30-11-20(12-30)34-19-5-7-22(26-10-19)17-4-6-21(16(3)8-17)25(33)27-9-18(32)14-31/h4-8,10,15,18,20,31-32H,9,11-14H2,1-3H3,(H,27,33)/t18-/m0/s1. The van der Waals surface area contributed by atoms with Crippen molar-refractivity contribution in [3.63, 3.8) is 0 Å². The van der Waals surface area contributed by atoms with Gasteiger partial charge in [-0.25, -0.2) is 0 Å². The molecule has 3 N–H and O–H groups in total. The molecule has 0 spiro atoms. The lowest BCUT2D eigenvalue weighted by Gasteiger charge is -2.37. The molecule has 10 nitrogen and oxygen atoms in total. The quantitative estimate of drug-likeness (QED) is 0.397. The van der Waals surface area contributed by atoms with E-state index >= 15 is 0 Å². The molecule has 1 aliphatic rings. The zero-order valence-electron chi connectivity index (χ0n) is 20.1. The number of rotatable bonds is 10. The van der Waals surface area contributed by atoms with E-state index in [1.807, 2.05) is 45.0 Å². The van der Waals surface area contributed by atoms with Crippen molar-refractivity contribution in [2.45, 2.75) is 45.4 Å².